The highest BCUT2D eigenvalue weighted by atomic mass is 127. The highest BCUT2D eigenvalue weighted by Crippen LogP contribution is 2.39. The summed E-state index contributed by atoms with van der Waals surface area (Å²) in [7, 11) is 3.54. The Labute approximate surface area is 197 Å². The van der Waals surface area contributed by atoms with E-state index in [1.807, 2.05) is 7.05 Å². The number of aliphatic imine (C=N–C) groups is 1. The lowest BCUT2D eigenvalue weighted by atomic mass is 9.69. The molecule has 1 aliphatic carbocycles. The van der Waals surface area contributed by atoms with Crippen LogP contribution in [0.1, 0.15) is 50.4 Å². The van der Waals surface area contributed by atoms with Crippen LogP contribution < -0.4 is 15.4 Å². The van der Waals surface area contributed by atoms with Crippen LogP contribution in [0.4, 0.5) is 0 Å². The molecule has 0 aliphatic heterocycles. The summed E-state index contributed by atoms with van der Waals surface area (Å²) in [6, 6.07) is 8.59. The third-order valence-corrected chi connectivity index (χ3v) is 5.99. The molecule has 30 heavy (non-hydrogen) atoms. The van der Waals surface area contributed by atoms with Crippen LogP contribution in [0.2, 0.25) is 0 Å². The fourth-order valence-electron chi connectivity index (χ4n) is 4.25. The molecule has 0 saturated heterocycles. The van der Waals surface area contributed by atoms with Gasteiger partial charge in [0.25, 0.3) is 0 Å². The average molecular weight is 526 g/mol. The van der Waals surface area contributed by atoms with Gasteiger partial charge in [-0.1, -0.05) is 38.3 Å². The van der Waals surface area contributed by atoms with E-state index in [4.69, 9.17) is 4.74 Å². The minimum Gasteiger partial charge on any atom is -0.497 e. The molecule has 166 valence electrons. The van der Waals surface area contributed by atoms with E-state index in [1.54, 1.807) is 13.4 Å². The second-order valence-electron chi connectivity index (χ2n) is 7.72. The molecule has 2 N–H and O–H groups in total. The minimum absolute atomic E-state index is 0. The van der Waals surface area contributed by atoms with Crippen LogP contribution in [0, 0.1) is 0 Å². The first-order valence-corrected chi connectivity index (χ1v) is 10.7. The summed E-state index contributed by atoms with van der Waals surface area (Å²) in [6.07, 6.45) is 8.94. The summed E-state index contributed by atoms with van der Waals surface area (Å²) < 4.78 is 7.42. The van der Waals surface area contributed by atoms with Crippen molar-refractivity contribution in [3.05, 3.63) is 42.0 Å². The summed E-state index contributed by atoms with van der Waals surface area (Å²) in [6.45, 7) is 4.57. The zero-order chi connectivity index (χ0) is 20.5. The van der Waals surface area contributed by atoms with Gasteiger partial charge in [-0.2, -0.15) is 0 Å². The number of ether oxygens (including phenoxy) is 1. The van der Waals surface area contributed by atoms with Gasteiger partial charge in [-0.3, -0.25) is 4.99 Å². The lowest BCUT2D eigenvalue weighted by molar-refractivity contribution is 0.291. The number of nitrogens with one attached hydrogen (secondary N) is 2. The number of methoxy groups -OCH3 is 1. The molecular formula is C22H35IN6O. The first-order valence-electron chi connectivity index (χ1n) is 10.7. The molecule has 1 aromatic heterocycles. The fourth-order valence-corrected chi connectivity index (χ4v) is 4.25. The van der Waals surface area contributed by atoms with Gasteiger partial charge in [0.05, 0.1) is 7.11 Å². The predicted octanol–water partition coefficient (Wildman–Crippen LogP) is 3.53. The van der Waals surface area contributed by atoms with Crippen molar-refractivity contribution in [2.24, 2.45) is 4.99 Å². The van der Waals surface area contributed by atoms with Crippen LogP contribution >= 0.6 is 24.0 Å². The summed E-state index contributed by atoms with van der Waals surface area (Å²) in [5.41, 5.74) is 1.53. The van der Waals surface area contributed by atoms with Crippen molar-refractivity contribution < 1.29 is 4.74 Å². The molecule has 1 fully saturated rings. The normalized spacial score (nSPS) is 15.9. The van der Waals surface area contributed by atoms with Crippen LogP contribution in [0.25, 0.3) is 0 Å². The van der Waals surface area contributed by atoms with Crippen molar-refractivity contribution in [3.63, 3.8) is 0 Å². The SMILES string of the molecule is CCc1nncn1CCNC(=NC)NCC1(c2ccc(OC)cc2)CCCCC1.I. The second-order valence-corrected chi connectivity index (χ2v) is 7.72. The Kier molecular flexibility index (Phi) is 9.87. The Morgan fingerprint density at radius 2 is 1.90 bits per heavy atom. The molecule has 0 spiro atoms. The number of halogens is 1. The molecule has 2 aromatic rings. The van der Waals surface area contributed by atoms with E-state index < -0.39 is 0 Å². The van der Waals surface area contributed by atoms with E-state index in [1.165, 1.54) is 37.7 Å². The van der Waals surface area contributed by atoms with Gasteiger partial charge in [-0.25, -0.2) is 0 Å². The molecule has 0 amide bonds. The number of aromatic nitrogens is 3. The zero-order valence-corrected chi connectivity index (χ0v) is 20.7. The predicted molar refractivity (Wildman–Crippen MR) is 132 cm³/mol. The van der Waals surface area contributed by atoms with E-state index in [2.05, 4.69) is 61.6 Å². The monoisotopic (exact) mass is 526 g/mol. The Morgan fingerprint density at radius 3 is 2.53 bits per heavy atom. The first-order chi connectivity index (χ1) is 14.2. The van der Waals surface area contributed by atoms with E-state index >= 15 is 0 Å². The molecule has 8 heteroatoms. The molecule has 3 rings (SSSR count). The van der Waals surface area contributed by atoms with Gasteiger partial charge in [0.2, 0.25) is 0 Å². The number of aryl methyl sites for hydroxylation is 1. The van der Waals surface area contributed by atoms with Gasteiger partial charge in [0.1, 0.15) is 17.9 Å². The van der Waals surface area contributed by atoms with Gasteiger partial charge < -0.3 is 19.9 Å². The molecule has 1 aliphatic rings. The Bertz CT molecular complexity index is 783. The molecule has 1 saturated carbocycles. The van der Waals surface area contributed by atoms with Gasteiger partial charge in [-0.05, 0) is 30.5 Å². The standard InChI is InChI=1S/C22H34N6O.HI/c1-4-20-27-26-17-28(20)15-14-24-21(23-2)25-16-22(12-6-5-7-13-22)18-8-10-19(29-3)11-9-18;/h8-11,17H,4-7,12-16H2,1-3H3,(H2,23,24,25);1H. The third kappa shape index (κ3) is 6.09. The second kappa shape index (κ2) is 12.1. The third-order valence-electron chi connectivity index (χ3n) is 5.99. The van der Waals surface area contributed by atoms with Crippen molar-refractivity contribution in [1.82, 2.24) is 25.4 Å². The molecule has 1 heterocycles. The molecule has 0 atom stereocenters. The van der Waals surface area contributed by atoms with E-state index in [-0.39, 0.29) is 29.4 Å². The van der Waals surface area contributed by atoms with E-state index in [9.17, 15) is 0 Å². The minimum atomic E-state index is 0. The average Bonchev–Trinajstić information content (AvgIpc) is 3.24. The number of guanidine groups is 1. The van der Waals surface area contributed by atoms with Crippen molar-refractivity contribution >= 4 is 29.9 Å². The van der Waals surface area contributed by atoms with Crippen molar-refractivity contribution in [3.8, 4) is 5.75 Å². The summed E-state index contributed by atoms with van der Waals surface area (Å²) >= 11 is 0. The maximum absolute atomic E-state index is 5.34. The number of rotatable bonds is 8. The molecule has 1 aromatic carbocycles. The lowest BCUT2D eigenvalue weighted by Gasteiger charge is -2.38. The largest absolute Gasteiger partial charge is 0.497 e. The summed E-state index contributed by atoms with van der Waals surface area (Å²) in [4.78, 5) is 4.42. The Balaban J connectivity index is 0.00000320. The van der Waals surface area contributed by atoms with Crippen molar-refractivity contribution in [2.75, 3.05) is 27.2 Å². The Hall–Kier alpha value is -1.84. The van der Waals surface area contributed by atoms with Gasteiger partial charge >= 0.3 is 0 Å². The van der Waals surface area contributed by atoms with Gasteiger partial charge in [0, 0.05) is 38.5 Å². The Morgan fingerprint density at radius 1 is 1.17 bits per heavy atom. The van der Waals surface area contributed by atoms with Crippen LogP contribution in [0.5, 0.6) is 5.75 Å². The molecule has 0 unspecified atom stereocenters. The van der Waals surface area contributed by atoms with E-state index in [0.29, 0.717) is 0 Å². The van der Waals surface area contributed by atoms with Crippen LogP contribution in [-0.4, -0.2) is 48.0 Å². The molecule has 0 bridgehead atoms. The van der Waals surface area contributed by atoms with E-state index in [0.717, 1.165) is 43.6 Å². The lowest BCUT2D eigenvalue weighted by Crippen LogP contribution is -2.47. The zero-order valence-electron chi connectivity index (χ0n) is 18.4. The molecule has 0 radical (unpaired) electrons. The summed E-state index contributed by atoms with van der Waals surface area (Å²) in [5, 5.41) is 15.1. The van der Waals surface area contributed by atoms with Gasteiger partial charge in [-0.15, -0.1) is 34.2 Å². The maximum Gasteiger partial charge on any atom is 0.191 e. The fraction of sp³-hybridized carbons (Fsp3) is 0.591. The molecular weight excluding hydrogens is 491 g/mol. The molecule has 7 nitrogen and oxygen atoms in total. The maximum atomic E-state index is 5.34. The van der Waals surface area contributed by atoms with Crippen LogP contribution in [-0.2, 0) is 18.4 Å². The van der Waals surface area contributed by atoms with Crippen molar-refractivity contribution in [1.29, 1.82) is 0 Å². The van der Waals surface area contributed by atoms with Gasteiger partial charge in [0.15, 0.2) is 5.96 Å². The highest BCUT2D eigenvalue weighted by molar-refractivity contribution is 14.0. The smallest absolute Gasteiger partial charge is 0.191 e. The topological polar surface area (TPSA) is 76.4 Å². The number of benzene rings is 1. The number of hydrogen-bond donors (Lipinski definition) is 2. The van der Waals surface area contributed by atoms with Crippen LogP contribution in [0.3, 0.4) is 0 Å². The quantitative estimate of drug-likeness (QED) is 0.313. The summed E-state index contributed by atoms with van der Waals surface area (Å²) in [5.74, 6) is 2.76. The number of nitrogens with zero attached hydrogens (tertiary/aromatic N) is 4. The highest BCUT2D eigenvalue weighted by Gasteiger charge is 2.34. The van der Waals surface area contributed by atoms with Crippen molar-refractivity contribution in [2.45, 2.75) is 57.4 Å². The first kappa shape index (κ1) is 24.4. The number of hydrogen-bond acceptors (Lipinski definition) is 4. The van der Waals surface area contributed by atoms with Crippen LogP contribution in [0.15, 0.2) is 35.6 Å².